The molecule has 0 aliphatic carbocycles. The summed E-state index contributed by atoms with van der Waals surface area (Å²) in [5.41, 5.74) is 2.61. The lowest BCUT2D eigenvalue weighted by Gasteiger charge is -2.21. The monoisotopic (exact) mass is 223 g/mol. The van der Waals surface area contributed by atoms with Gasteiger partial charge in [-0.25, -0.2) is 0 Å². The maximum absolute atomic E-state index is 9.00. The van der Waals surface area contributed by atoms with Crippen LogP contribution in [0.3, 0.4) is 0 Å². The van der Waals surface area contributed by atoms with Crippen molar-refractivity contribution in [2.45, 2.75) is 13.5 Å². The molecule has 3 heteroatoms. The number of nitrogens with zero attached hydrogens (tertiary/aromatic N) is 1. The first-order chi connectivity index (χ1) is 7.77. The Kier molecular flexibility index (Phi) is 6.08. The van der Waals surface area contributed by atoms with Gasteiger partial charge < -0.3 is 9.84 Å². The SMILES string of the molecule is COCCN(CCO)Cc1ccccc1C. The lowest BCUT2D eigenvalue weighted by atomic mass is 10.1. The van der Waals surface area contributed by atoms with Gasteiger partial charge >= 0.3 is 0 Å². The molecule has 0 saturated carbocycles. The van der Waals surface area contributed by atoms with E-state index >= 15 is 0 Å². The minimum atomic E-state index is 0.190. The van der Waals surface area contributed by atoms with Crippen LogP contribution in [0.15, 0.2) is 24.3 Å². The number of aryl methyl sites for hydroxylation is 1. The number of aliphatic hydroxyl groups excluding tert-OH is 1. The van der Waals surface area contributed by atoms with Crippen molar-refractivity contribution in [2.24, 2.45) is 0 Å². The van der Waals surface area contributed by atoms with Gasteiger partial charge in [-0.3, -0.25) is 4.90 Å². The van der Waals surface area contributed by atoms with Crippen molar-refractivity contribution in [3.8, 4) is 0 Å². The van der Waals surface area contributed by atoms with Gasteiger partial charge in [0.05, 0.1) is 13.2 Å². The Balaban J connectivity index is 2.56. The maximum atomic E-state index is 9.00. The fourth-order valence-corrected chi connectivity index (χ4v) is 1.66. The van der Waals surface area contributed by atoms with Gasteiger partial charge in [-0.2, -0.15) is 0 Å². The number of methoxy groups -OCH3 is 1. The maximum Gasteiger partial charge on any atom is 0.0589 e. The lowest BCUT2D eigenvalue weighted by Crippen LogP contribution is -2.30. The van der Waals surface area contributed by atoms with Gasteiger partial charge in [-0.05, 0) is 18.1 Å². The van der Waals surface area contributed by atoms with Crippen molar-refractivity contribution in [1.29, 1.82) is 0 Å². The summed E-state index contributed by atoms with van der Waals surface area (Å²) in [6, 6.07) is 8.34. The van der Waals surface area contributed by atoms with Crippen LogP contribution in [0.4, 0.5) is 0 Å². The molecule has 0 heterocycles. The molecule has 0 unspecified atom stereocenters. The highest BCUT2D eigenvalue weighted by atomic mass is 16.5. The summed E-state index contributed by atoms with van der Waals surface area (Å²) in [6.45, 7) is 5.42. The van der Waals surface area contributed by atoms with Crippen LogP contribution >= 0.6 is 0 Å². The van der Waals surface area contributed by atoms with Crippen LogP contribution in [-0.2, 0) is 11.3 Å². The van der Waals surface area contributed by atoms with Crippen molar-refractivity contribution < 1.29 is 9.84 Å². The number of hydrogen-bond acceptors (Lipinski definition) is 3. The van der Waals surface area contributed by atoms with E-state index in [0.717, 1.165) is 13.1 Å². The summed E-state index contributed by atoms with van der Waals surface area (Å²) in [6.07, 6.45) is 0. The van der Waals surface area contributed by atoms with Crippen LogP contribution in [0.5, 0.6) is 0 Å². The topological polar surface area (TPSA) is 32.7 Å². The van der Waals surface area contributed by atoms with Crippen LogP contribution < -0.4 is 0 Å². The van der Waals surface area contributed by atoms with Crippen molar-refractivity contribution in [3.63, 3.8) is 0 Å². The van der Waals surface area contributed by atoms with E-state index in [2.05, 4.69) is 30.0 Å². The second-order valence-electron chi connectivity index (χ2n) is 3.92. The molecule has 0 aliphatic rings. The molecular formula is C13H21NO2. The minimum absolute atomic E-state index is 0.190. The first-order valence-electron chi connectivity index (χ1n) is 5.64. The third-order valence-corrected chi connectivity index (χ3v) is 2.68. The average Bonchev–Trinajstić information content (AvgIpc) is 2.29. The van der Waals surface area contributed by atoms with Gasteiger partial charge in [0.1, 0.15) is 0 Å². The predicted molar refractivity (Wildman–Crippen MR) is 65.4 cm³/mol. The smallest absolute Gasteiger partial charge is 0.0589 e. The Morgan fingerprint density at radius 3 is 2.62 bits per heavy atom. The van der Waals surface area contributed by atoms with Crippen LogP contribution in [0.2, 0.25) is 0 Å². The molecule has 3 nitrogen and oxygen atoms in total. The van der Waals surface area contributed by atoms with E-state index < -0.39 is 0 Å². The quantitative estimate of drug-likeness (QED) is 0.759. The third kappa shape index (κ3) is 4.31. The molecule has 0 aliphatic heterocycles. The molecule has 16 heavy (non-hydrogen) atoms. The first kappa shape index (κ1) is 13.2. The highest BCUT2D eigenvalue weighted by Crippen LogP contribution is 2.09. The van der Waals surface area contributed by atoms with Gasteiger partial charge in [-0.1, -0.05) is 24.3 Å². The van der Waals surface area contributed by atoms with Gasteiger partial charge in [0.2, 0.25) is 0 Å². The van der Waals surface area contributed by atoms with Crippen molar-refractivity contribution in [3.05, 3.63) is 35.4 Å². The molecule has 0 fully saturated rings. The summed E-state index contributed by atoms with van der Waals surface area (Å²) >= 11 is 0. The lowest BCUT2D eigenvalue weighted by molar-refractivity contribution is 0.126. The molecule has 1 rings (SSSR count). The summed E-state index contributed by atoms with van der Waals surface area (Å²) < 4.78 is 5.06. The second kappa shape index (κ2) is 7.39. The normalized spacial score (nSPS) is 11.0. The number of benzene rings is 1. The molecule has 0 saturated heterocycles. The molecule has 0 amide bonds. The van der Waals surface area contributed by atoms with Crippen molar-refractivity contribution in [2.75, 3.05) is 33.4 Å². The minimum Gasteiger partial charge on any atom is -0.395 e. The first-order valence-corrected chi connectivity index (χ1v) is 5.64. The average molecular weight is 223 g/mol. The Labute approximate surface area is 97.7 Å². The zero-order chi connectivity index (χ0) is 11.8. The number of ether oxygens (including phenoxy) is 1. The van der Waals surface area contributed by atoms with Crippen LogP contribution in [0, 0.1) is 6.92 Å². The summed E-state index contributed by atoms with van der Waals surface area (Å²) in [5.74, 6) is 0. The second-order valence-corrected chi connectivity index (χ2v) is 3.92. The molecule has 0 bridgehead atoms. The zero-order valence-electron chi connectivity index (χ0n) is 10.1. The molecule has 0 aromatic heterocycles. The summed E-state index contributed by atoms with van der Waals surface area (Å²) in [4.78, 5) is 2.20. The van der Waals surface area contributed by atoms with E-state index in [1.807, 2.05) is 6.07 Å². The molecule has 0 atom stereocenters. The standard InChI is InChI=1S/C13H21NO2/c1-12-5-3-4-6-13(12)11-14(7-9-15)8-10-16-2/h3-6,15H,7-11H2,1-2H3. The highest BCUT2D eigenvalue weighted by molar-refractivity contribution is 5.25. The van der Waals surface area contributed by atoms with Crippen molar-refractivity contribution >= 4 is 0 Å². The van der Waals surface area contributed by atoms with Gasteiger partial charge in [0.15, 0.2) is 0 Å². The Hall–Kier alpha value is -0.900. The van der Waals surface area contributed by atoms with Crippen molar-refractivity contribution in [1.82, 2.24) is 4.90 Å². The number of aliphatic hydroxyl groups is 1. The summed E-state index contributed by atoms with van der Waals surface area (Å²) in [5, 5.41) is 9.00. The molecule has 0 spiro atoms. The van der Waals surface area contributed by atoms with E-state index in [4.69, 9.17) is 9.84 Å². The molecule has 90 valence electrons. The van der Waals surface area contributed by atoms with E-state index in [-0.39, 0.29) is 6.61 Å². The van der Waals surface area contributed by atoms with Gasteiger partial charge in [-0.15, -0.1) is 0 Å². The van der Waals surface area contributed by atoms with Gasteiger partial charge in [0, 0.05) is 26.7 Å². The number of rotatable bonds is 7. The van der Waals surface area contributed by atoms with Crippen LogP contribution in [0.1, 0.15) is 11.1 Å². The summed E-state index contributed by atoms with van der Waals surface area (Å²) in [7, 11) is 1.70. The van der Waals surface area contributed by atoms with Crippen LogP contribution in [0.25, 0.3) is 0 Å². The Morgan fingerprint density at radius 2 is 2.00 bits per heavy atom. The fourth-order valence-electron chi connectivity index (χ4n) is 1.66. The highest BCUT2D eigenvalue weighted by Gasteiger charge is 2.06. The zero-order valence-corrected chi connectivity index (χ0v) is 10.1. The predicted octanol–water partition coefficient (Wildman–Crippen LogP) is 1.44. The third-order valence-electron chi connectivity index (χ3n) is 2.68. The van der Waals surface area contributed by atoms with E-state index in [9.17, 15) is 0 Å². The Morgan fingerprint density at radius 1 is 1.25 bits per heavy atom. The largest absolute Gasteiger partial charge is 0.395 e. The number of hydrogen-bond donors (Lipinski definition) is 1. The van der Waals surface area contributed by atoms with Crippen LogP contribution in [-0.4, -0.2) is 43.4 Å². The molecular weight excluding hydrogens is 202 g/mol. The fraction of sp³-hybridized carbons (Fsp3) is 0.538. The van der Waals surface area contributed by atoms with E-state index in [1.165, 1.54) is 11.1 Å². The molecule has 1 N–H and O–H groups in total. The molecule has 1 aromatic carbocycles. The molecule has 1 aromatic rings. The van der Waals surface area contributed by atoms with E-state index in [0.29, 0.717) is 13.2 Å². The Bertz CT molecular complexity index is 302. The molecule has 0 radical (unpaired) electrons. The van der Waals surface area contributed by atoms with E-state index in [1.54, 1.807) is 7.11 Å². The van der Waals surface area contributed by atoms with Gasteiger partial charge in [0.25, 0.3) is 0 Å².